The number of ether oxygens (including phenoxy) is 1. The Morgan fingerprint density at radius 3 is 2.67 bits per heavy atom. The number of aryl methyl sites for hydroxylation is 1. The number of hydrazone groups is 1. The lowest BCUT2D eigenvalue weighted by atomic mass is 10.1. The molecule has 0 spiro atoms. The maximum Gasteiger partial charge on any atom is 0.259 e. The number of nitrogens with zero attached hydrogens (tertiary/aromatic N) is 1. The molecule has 8 heteroatoms. The molecule has 0 atom stereocenters. The number of hydrogen-bond donors (Lipinski definition) is 2. The van der Waals surface area contributed by atoms with E-state index in [-0.39, 0.29) is 13.2 Å². The smallest absolute Gasteiger partial charge is 0.259 e. The van der Waals surface area contributed by atoms with Crippen LogP contribution in [0.15, 0.2) is 74.7 Å². The van der Waals surface area contributed by atoms with Crippen LogP contribution in [0.4, 0.5) is 0 Å². The number of para-hydroxylation sites is 1. The van der Waals surface area contributed by atoms with Crippen LogP contribution in [-0.4, -0.2) is 31.2 Å². The van der Waals surface area contributed by atoms with Crippen LogP contribution in [0.5, 0.6) is 5.75 Å². The second-order valence-corrected chi connectivity index (χ2v) is 7.21. The molecule has 1 heterocycles. The zero-order valence-corrected chi connectivity index (χ0v) is 17.8. The van der Waals surface area contributed by atoms with Gasteiger partial charge in [-0.15, -0.1) is 0 Å². The molecule has 0 saturated heterocycles. The van der Waals surface area contributed by atoms with Gasteiger partial charge < -0.3 is 14.5 Å². The summed E-state index contributed by atoms with van der Waals surface area (Å²) in [6.45, 7) is 1.62. The van der Waals surface area contributed by atoms with Gasteiger partial charge in [0.05, 0.1) is 12.8 Å². The topological polar surface area (TPSA) is 92.9 Å². The maximum absolute atomic E-state index is 11.8. The van der Waals surface area contributed by atoms with E-state index in [1.54, 1.807) is 30.3 Å². The van der Waals surface area contributed by atoms with Crippen LogP contribution in [-0.2, 0) is 9.59 Å². The third-order valence-electron chi connectivity index (χ3n) is 3.96. The van der Waals surface area contributed by atoms with Crippen LogP contribution in [0.2, 0.25) is 0 Å². The molecule has 1 aromatic heterocycles. The summed E-state index contributed by atoms with van der Waals surface area (Å²) in [7, 11) is 0. The van der Waals surface area contributed by atoms with Crippen molar-refractivity contribution in [1.82, 2.24) is 10.7 Å². The van der Waals surface area contributed by atoms with Crippen molar-refractivity contribution in [1.29, 1.82) is 0 Å². The third kappa shape index (κ3) is 6.31. The Morgan fingerprint density at radius 2 is 1.90 bits per heavy atom. The summed E-state index contributed by atoms with van der Waals surface area (Å²) < 4.78 is 12.0. The van der Waals surface area contributed by atoms with E-state index in [1.165, 1.54) is 6.21 Å². The molecule has 0 aliphatic carbocycles. The molecule has 3 aromatic rings. The number of benzene rings is 2. The molecule has 0 bridgehead atoms. The Kier molecular flexibility index (Phi) is 7.40. The second-order valence-electron chi connectivity index (χ2n) is 6.36. The van der Waals surface area contributed by atoms with Gasteiger partial charge in [-0.3, -0.25) is 9.59 Å². The van der Waals surface area contributed by atoms with Crippen LogP contribution >= 0.6 is 15.9 Å². The summed E-state index contributed by atoms with van der Waals surface area (Å²) in [4.78, 5) is 23.5. The Hall–Kier alpha value is -3.39. The minimum atomic E-state index is -0.465. The van der Waals surface area contributed by atoms with Crippen molar-refractivity contribution in [2.45, 2.75) is 6.92 Å². The van der Waals surface area contributed by atoms with Crippen molar-refractivity contribution < 1.29 is 18.7 Å². The predicted molar refractivity (Wildman–Crippen MR) is 117 cm³/mol. The standard InChI is InChI=1S/C22H20BrN3O4/c1-15-7-9-18(19(23)11-15)20-10-8-17(30-20)12-25-26-21(27)13-24-22(28)14-29-16-5-3-2-4-6-16/h2-12H,13-14H2,1H3,(H,24,28)(H,26,27)/b25-12-. The number of carbonyl (C=O) groups is 2. The van der Waals surface area contributed by atoms with Crippen molar-refractivity contribution in [2.75, 3.05) is 13.2 Å². The first-order valence-corrected chi connectivity index (χ1v) is 9.93. The van der Waals surface area contributed by atoms with E-state index in [9.17, 15) is 9.59 Å². The van der Waals surface area contributed by atoms with E-state index in [0.29, 0.717) is 17.3 Å². The highest BCUT2D eigenvalue weighted by Crippen LogP contribution is 2.30. The fourth-order valence-corrected chi connectivity index (χ4v) is 3.18. The first-order chi connectivity index (χ1) is 14.5. The molecule has 3 rings (SSSR count). The third-order valence-corrected chi connectivity index (χ3v) is 4.61. The zero-order chi connectivity index (χ0) is 21.3. The molecule has 7 nitrogen and oxygen atoms in total. The van der Waals surface area contributed by atoms with Gasteiger partial charge in [-0.25, -0.2) is 5.43 Å². The fourth-order valence-electron chi connectivity index (χ4n) is 2.49. The number of halogens is 1. The summed E-state index contributed by atoms with van der Waals surface area (Å²) in [5, 5.41) is 6.30. The van der Waals surface area contributed by atoms with E-state index < -0.39 is 11.8 Å². The lowest BCUT2D eigenvalue weighted by Crippen LogP contribution is -2.37. The average molecular weight is 470 g/mol. The summed E-state index contributed by atoms with van der Waals surface area (Å²) >= 11 is 3.52. The average Bonchev–Trinajstić information content (AvgIpc) is 3.20. The molecule has 154 valence electrons. The summed E-state index contributed by atoms with van der Waals surface area (Å²) in [5.41, 5.74) is 4.39. The van der Waals surface area contributed by atoms with Crippen molar-refractivity contribution in [3.05, 3.63) is 76.5 Å². The van der Waals surface area contributed by atoms with Gasteiger partial charge in [0.25, 0.3) is 11.8 Å². The van der Waals surface area contributed by atoms with Crippen LogP contribution in [0.1, 0.15) is 11.3 Å². The molecule has 0 aliphatic heterocycles. The van der Waals surface area contributed by atoms with Gasteiger partial charge in [0, 0.05) is 10.0 Å². The Morgan fingerprint density at radius 1 is 1.10 bits per heavy atom. The van der Waals surface area contributed by atoms with E-state index in [2.05, 4.69) is 31.8 Å². The summed E-state index contributed by atoms with van der Waals surface area (Å²) in [6, 6.07) is 18.5. The normalized spacial score (nSPS) is 10.7. The SMILES string of the molecule is Cc1ccc(-c2ccc(/C=N\NC(=O)CNC(=O)COc3ccccc3)o2)c(Br)c1. The number of nitrogens with one attached hydrogen (secondary N) is 2. The first-order valence-electron chi connectivity index (χ1n) is 9.14. The molecule has 2 N–H and O–H groups in total. The minimum Gasteiger partial charge on any atom is -0.484 e. The van der Waals surface area contributed by atoms with Gasteiger partial charge in [0.2, 0.25) is 0 Å². The Labute approximate surface area is 182 Å². The number of hydrogen-bond acceptors (Lipinski definition) is 5. The molecule has 0 unspecified atom stereocenters. The largest absolute Gasteiger partial charge is 0.484 e. The maximum atomic E-state index is 11.8. The molecule has 0 fully saturated rings. The number of amides is 2. The van der Waals surface area contributed by atoms with Gasteiger partial charge in [-0.2, -0.15) is 5.10 Å². The lowest BCUT2D eigenvalue weighted by molar-refractivity contribution is -0.127. The van der Waals surface area contributed by atoms with E-state index >= 15 is 0 Å². The minimum absolute atomic E-state index is 0.176. The van der Waals surface area contributed by atoms with Crippen LogP contribution in [0, 0.1) is 6.92 Å². The van der Waals surface area contributed by atoms with E-state index in [0.717, 1.165) is 15.6 Å². The quantitative estimate of drug-likeness (QED) is 0.388. The molecule has 2 amide bonds. The molecule has 2 aromatic carbocycles. The monoisotopic (exact) mass is 469 g/mol. The molecular formula is C22H20BrN3O4. The first kappa shape index (κ1) is 21.3. The van der Waals surface area contributed by atoms with Crippen LogP contribution in [0.25, 0.3) is 11.3 Å². The lowest BCUT2D eigenvalue weighted by Gasteiger charge is -2.06. The van der Waals surface area contributed by atoms with Crippen molar-refractivity contribution >= 4 is 34.0 Å². The Bertz CT molecular complexity index is 1050. The second kappa shape index (κ2) is 10.4. The van der Waals surface area contributed by atoms with E-state index in [4.69, 9.17) is 9.15 Å². The number of carbonyl (C=O) groups excluding carboxylic acids is 2. The van der Waals surface area contributed by atoms with Crippen molar-refractivity contribution in [3.63, 3.8) is 0 Å². The van der Waals surface area contributed by atoms with Crippen molar-refractivity contribution in [2.24, 2.45) is 5.10 Å². The Balaban J connectivity index is 1.42. The van der Waals surface area contributed by atoms with Gasteiger partial charge >= 0.3 is 0 Å². The predicted octanol–water partition coefficient (Wildman–Crippen LogP) is 3.66. The molecular weight excluding hydrogens is 450 g/mol. The van der Waals surface area contributed by atoms with Gasteiger partial charge in [0.15, 0.2) is 6.61 Å². The highest BCUT2D eigenvalue weighted by molar-refractivity contribution is 9.10. The highest BCUT2D eigenvalue weighted by atomic mass is 79.9. The molecule has 0 aliphatic rings. The van der Waals surface area contributed by atoms with Crippen LogP contribution < -0.4 is 15.5 Å². The molecule has 30 heavy (non-hydrogen) atoms. The van der Waals surface area contributed by atoms with E-state index in [1.807, 2.05) is 37.3 Å². The fraction of sp³-hybridized carbons (Fsp3) is 0.136. The number of rotatable bonds is 8. The summed E-state index contributed by atoms with van der Waals surface area (Å²) in [6.07, 6.45) is 1.39. The molecule has 0 radical (unpaired) electrons. The zero-order valence-electron chi connectivity index (χ0n) is 16.2. The summed E-state index contributed by atoms with van der Waals surface area (Å²) in [5.74, 6) is 0.875. The van der Waals surface area contributed by atoms with Crippen molar-refractivity contribution in [3.8, 4) is 17.1 Å². The van der Waals surface area contributed by atoms with Gasteiger partial charge in [-0.05, 0) is 48.9 Å². The van der Waals surface area contributed by atoms with Gasteiger partial charge in [0.1, 0.15) is 17.3 Å². The van der Waals surface area contributed by atoms with Crippen LogP contribution in [0.3, 0.4) is 0 Å². The number of furan rings is 1. The molecule has 0 saturated carbocycles. The van der Waals surface area contributed by atoms with Gasteiger partial charge in [-0.1, -0.05) is 40.2 Å². The highest BCUT2D eigenvalue weighted by Gasteiger charge is 2.08.